The minimum Gasteiger partial charge on any atom is -0.493 e. The van der Waals surface area contributed by atoms with Gasteiger partial charge < -0.3 is 4.74 Å². The SMILES string of the molecule is CCOc1ccc(C(C)(C)C)cc1C(C)=O. The summed E-state index contributed by atoms with van der Waals surface area (Å²) < 4.78 is 5.45. The molecule has 2 nitrogen and oxygen atoms in total. The molecule has 1 aromatic rings. The number of carbonyl (C=O) groups is 1. The van der Waals surface area contributed by atoms with E-state index in [4.69, 9.17) is 4.74 Å². The van der Waals surface area contributed by atoms with Crippen LogP contribution in [-0.4, -0.2) is 12.4 Å². The molecule has 0 atom stereocenters. The molecule has 16 heavy (non-hydrogen) atoms. The van der Waals surface area contributed by atoms with Crippen LogP contribution in [0.4, 0.5) is 0 Å². The Morgan fingerprint density at radius 2 is 1.94 bits per heavy atom. The van der Waals surface area contributed by atoms with E-state index in [1.807, 2.05) is 25.1 Å². The molecule has 0 aromatic heterocycles. The van der Waals surface area contributed by atoms with Gasteiger partial charge in [0.05, 0.1) is 12.2 Å². The van der Waals surface area contributed by atoms with Crippen LogP contribution in [0.1, 0.15) is 50.5 Å². The van der Waals surface area contributed by atoms with Gasteiger partial charge in [-0.3, -0.25) is 4.79 Å². The monoisotopic (exact) mass is 220 g/mol. The third-order valence-corrected chi connectivity index (χ3v) is 2.52. The number of hydrogen-bond acceptors (Lipinski definition) is 2. The molecular formula is C14H20O2. The number of benzene rings is 1. The van der Waals surface area contributed by atoms with Gasteiger partial charge in [-0.15, -0.1) is 0 Å². The summed E-state index contributed by atoms with van der Waals surface area (Å²) in [5.41, 5.74) is 1.88. The molecule has 0 bridgehead atoms. The topological polar surface area (TPSA) is 26.3 Å². The molecule has 0 aliphatic rings. The first-order valence-electron chi connectivity index (χ1n) is 5.64. The Bertz CT molecular complexity index is 386. The van der Waals surface area contributed by atoms with Crippen molar-refractivity contribution in [3.05, 3.63) is 29.3 Å². The van der Waals surface area contributed by atoms with E-state index >= 15 is 0 Å². The molecule has 0 aliphatic heterocycles. The fraction of sp³-hybridized carbons (Fsp3) is 0.500. The zero-order chi connectivity index (χ0) is 12.3. The lowest BCUT2D eigenvalue weighted by Crippen LogP contribution is -2.12. The van der Waals surface area contributed by atoms with Gasteiger partial charge in [-0.25, -0.2) is 0 Å². The van der Waals surface area contributed by atoms with E-state index in [0.29, 0.717) is 17.9 Å². The van der Waals surface area contributed by atoms with Crippen molar-refractivity contribution in [2.24, 2.45) is 0 Å². The highest BCUT2D eigenvalue weighted by Crippen LogP contribution is 2.28. The smallest absolute Gasteiger partial charge is 0.163 e. The van der Waals surface area contributed by atoms with Gasteiger partial charge >= 0.3 is 0 Å². The molecule has 0 saturated heterocycles. The van der Waals surface area contributed by atoms with Gasteiger partial charge in [0.15, 0.2) is 5.78 Å². The maximum absolute atomic E-state index is 11.5. The zero-order valence-corrected chi connectivity index (χ0v) is 10.8. The summed E-state index contributed by atoms with van der Waals surface area (Å²) in [7, 11) is 0. The van der Waals surface area contributed by atoms with Crippen molar-refractivity contribution in [2.45, 2.75) is 40.0 Å². The number of hydrogen-bond donors (Lipinski definition) is 0. The van der Waals surface area contributed by atoms with Crippen LogP contribution in [0.5, 0.6) is 5.75 Å². The molecule has 0 aliphatic carbocycles. The van der Waals surface area contributed by atoms with Crippen LogP contribution < -0.4 is 4.74 Å². The minimum atomic E-state index is 0.0505. The Kier molecular flexibility index (Phi) is 3.74. The quantitative estimate of drug-likeness (QED) is 0.728. The maximum atomic E-state index is 11.5. The van der Waals surface area contributed by atoms with Crippen molar-refractivity contribution in [2.75, 3.05) is 6.61 Å². The molecule has 2 heteroatoms. The van der Waals surface area contributed by atoms with Crippen LogP contribution in [0.15, 0.2) is 18.2 Å². The highest BCUT2D eigenvalue weighted by molar-refractivity contribution is 5.97. The molecule has 88 valence electrons. The lowest BCUT2D eigenvalue weighted by atomic mass is 9.85. The van der Waals surface area contributed by atoms with Gasteiger partial charge in [0, 0.05) is 0 Å². The highest BCUT2D eigenvalue weighted by Gasteiger charge is 2.17. The second-order valence-electron chi connectivity index (χ2n) is 4.95. The van der Waals surface area contributed by atoms with Crippen molar-refractivity contribution < 1.29 is 9.53 Å². The molecule has 0 saturated carbocycles. The molecule has 0 amide bonds. The van der Waals surface area contributed by atoms with Crippen LogP contribution in [0, 0.1) is 0 Å². The first-order chi connectivity index (χ1) is 7.36. The summed E-state index contributed by atoms with van der Waals surface area (Å²) in [6.45, 7) is 10.5. The van der Waals surface area contributed by atoms with E-state index in [0.717, 1.165) is 5.56 Å². The van der Waals surface area contributed by atoms with Crippen molar-refractivity contribution in [1.29, 1.82) is 0 Å². The van der Waals surface area contributed by atoms with Crippen LogP contribution in [0.3, 0.4) is 0 Å². The van der Waals surface area contributed by atoms with E-state index in [2.05, 4.69) is 20.8 Å². The van der Waals surface area contributed by atoms with Crippen LogP contribution in [0.2, 0.25) is 0 Å². The number of Topliss-reactive ketones (excluding diaryl/α,β-unsaturated/α-hetero) is 1. The van der Waals surface area contributed by atoms with Crippen molar-refractivity contribution in [3.63, 3.8) is 0 Å². The molecule has 0 heterocycles. The fourth-order valence-electron chi connectivity index (χ4n) is 1.55. The first-order valence-corrected chi connectivity index (χ1v) is 5.64. The van der Waals surface area contributed by atoms with E-state index in [1.165, 1.54) is 0 Å². The Morgan fingerprint density at radius 1 is 1.31 bits per heavy atom. The molecule has 0 fully saturated rings. The van der Waals surface area contributed by atoms with Crippen molar-refractivity contribution in [3.8, 4) is 5.75 Å². The first kappa shape index (κ1) is 12.8. The second kappa shape index (κ2) is 4.69. The molecule has 0 unspecified atom stereocenters. The normalized spacial score (nSPS) is 11.3. The summed E-state index contributed by atoms with van der Waals surface area (Å²) in [6.07, 6.45) is 0. The van der Waals surface area contributed by atoms with E-state index < -0.39 is 0 Å². The number of carbonyl (C=O) groups excluding carboxylic acids is 1. The molecular weight excluding hydrogens is 200 g/mol. The highest BCUT2D eigenvalue weighted by atomic mass is 16.5. The Hall–Kier alpha value is -1.31. The molecule has 0 radical (unpaired) electrons. The summed E-state index contributed by atoms with van der Waals surface area (Å²) in [5, 5.41) is 0. The molecule has 1 aromatic carbocycles. The Morgan fingerprint density at radius 3 is 2.38 bits per heavy atom. The predicted molar refractivity (Wildman–Crippen MR) is 66.3 cm³/mol. The van der Waals surface area contributed by atoms with Gasteiger partial charge in [0.1, 0.15) is 5.75 Å². The van der Waals surface area contributed by atoms with Crippen LogP contribution in [-0.2, 0) is 5.41 Å². The van der Waals surface area contributed by atoms with Crippen molar-refractivity contribution >= 4 is 5.78 Å². The maximum Gasteiger partial charge on any atom is 0.163 e. The lowest BCUT2D eigenvalue weighted by Gasteiger charge is -2.20. The molecule has 1 rings (SSSR count). The van der Waals surface area contributed by atoms with Gasteiger partial charge in [-0.2, -0.15) is 0 Å². The number of ketones is 1. The number of ether oxygens (including phenoxy) is 1. The van der Waals surface area contributed by atoms with Gasteiger partial charge in [0.2, 0.25) is 0 Å². The minimum absolute atomic E-state index is 0.0505. The van der Waals surface area contributed by atoms with Crippen molar-refractivity contribution in [1.82, 2.24) is 0 Å². The van der Waals surface area contributed by atoms with E-state index in [1.54, 1.807) is 6.92 Å². The van der Waals surface area contributed by atoms with Gasteiger partial charge in [-0.1, -0.05) is 26.8 Å². The van der Waals surface area contributed by atoms with Gasteiger partial charge in [0.25, 0.3) is 0 Å². The summed E-state index contributed by atoms with van der Waals surface area (Å²) in [5.74, 6) is 0.734. The summed E-state index contributed by atoms with van der Waals surface area (Å²) in [6, 6.07) is 5.85. The number of rotatable bonds is 3. The standard InChI is InChI=1S/C14H20O2/c1-6-16-13-8-7-11(14(3,4)5)9-12(13)10(2)15/h7-9H,6H2,1-5H3. The Balaban J connectivity index is 3.23. The Labute approximate surface area is 97.6 Å². The summed E-state index contributed by atoms with van der Waals surface area (Å²) >= 11 is 0. The third-order valence-electron chi connectivity index (χ3n) is 2.52. The van der Waals surface area contributed by atoms with E-state index in [9.17, 15) is 4.79 Å². The van der Waals surface area contributed by atoms with Gasteiger partial charge in [-0.05, 0) is 37.0 Å². The van der Waals surface area contributed by atoms with Crippen LogP contribution in [0.25, 0.3) is 0 Å². The zero-order valence-electron chi connectivity index (χ0n) is 10.8. The predicted octanol–water partition coefficient (Wildman–Crippen LogP) is 3.59. The average molecular weight is 220 g/mol. The second-order valence-corrected chi connectivity index (χ2v) is 4.95. The largest absolute Gasteiger partial charge is 0.493 e. The average Bonchev–Trinajstić information content (AvgIpc) is 2.16. The molecule has 0 N–H and O–H groups in total. The lowest BCUT2D eigenvalue weighted by molar-refractivity contribution is 0.101. The fourth-order valence-corrected chi connectivity index (χ4v) is 1.55. The van der Waals surface area contributed by atoms with E-state index in [-0.39, 0.29) is 11.2 Å². The third kappa shape index (κ3) is 2.84. The molecule has 0 spiro atoms. The van der Waals surface area contributed by atoms with Crippen LogP contribution >= 0.6 is 0 Å². The summed E-state index contributed by atoms with van der Waals surface area (Å²) in [4.78, 5) is 11.5.